The second kappa shape index (κ2) is 8.53. The molecule has 0 aliphatic carbocycles. The largest absolute Gasteiger partial charge is 0.493 e. The van der Waals surface area contributed by atoms with E-state index in [-0.39, 0.29) is 0 Å². The van der Waals surface area contributed by atoms with Crippen LogP contribution in [-0.2, 0) is 10.9 Å². The molecule has 2 rings (SSSR count). The van der Waals surface area contributed by atoms with Gasteiger partial charge in [-0.05, 0) is 17.7 Å². The van der Waals surface area contributed by atoms with Gasteiger partial charge in [0.25, 0.3) is 0 Å². The summed E-state index contributed by atoms with van der Waals surface area (Å²) in [6.07, 6.45) is 3.61. The molecule has 6 nitrogen and oxygen atoms in total. The lowest BCUT2D eigenvalue weighted by Crippen LogP contribution is -3.10. The molecule has 0 saturated carbocycles. The molecule has 0 aromatic heterocycles. The molecule has 124 valence electrons. The maximum Gasteiger partial charge on any atom is 0.394 e. The lowest BCUT2D eigenvalue weighted by atomic mass is 10.1. The van der Waals surface area contributed by atoms with Gasteiger partial charge in [-0.25, -0.2) is 0 Å². The molecule has 1 fully saturated rings. The van der Waals surface area contributed by atoms with Crippen molar-refractivity contribution < 1.29 is 28.3 Å². The highest BCUT2D eigenvalue weighted by atomic mass is 31.2. The highest BCUT2D eigenvalue weighted by Crippen LogP contribution is 2.45. The number of quaternary nitrogens is 1. The molecule has 1 unspecified atom stereocenters. The van der Waals surface area contributed by atoms with Crippen molar-refractivity contribution in [2.45, 2.75) is 19.3 Å². The van der Waals surface area contributed by atoms with Crippen molar-refractivity contribution in [1.82, 2.24) is 0 Å². The summed E-state index contributed by atoms with van der Waals surface area (Å²) in [7, 11) is 2.55. The molecule has 1 saturated heterocycles. The average Bonchev–Trinajstić information content (AvgIpc) is 3.06. The van der Waals surface area contributed by atoms with Crippen molar-refractivity contribution in [2.75, 3.05) is 41.0 Å². The van der Waals surface area contributed by atoms with E-state index in [1.54, 1.807) is 19.1 Å². The van der Waals surface area contributed by atoms with Gasteiger partial charge < -0.3 is 28.3 Å². The molecule has 1 atom stereocenters. The molecule has 1 aliphatic rings. The van der Waals surface area contributed by atoms with E-state index in [1.807, 2.05) is 12.1 Å². The fourth-order valence-electron chi connectivity index (χ4n) is 2.73. The van der Waals surface area contributed by atoms with Gasteiger partial charge in [0.05, 0.1) is 33.9 Å². The summed E-state index contributed by atoms with van der Waals surface area (Å²) in [4.78, 5) is 11.2. The molecular weight excluding hydrogens is 305 g/mol. The number of rotatable bonds is 8. The van der Waals surface area contributed by atoms with E-state index in [0.29, 0.717) is 17.2 Å². The van der Waals surface area contributed by atoms with E-state index >= 15 is 0 Å². The normalized spacial score (nSPS) is 16.5. The van der Waals surface area contributed by atoms with Crippen LogP contribution in [0.25, 0.3) is 0 Å². The predicted molar refractivity (Wildman–Crippen MR) is 84.8 cm³/mol. The lowest BCUT2D eigenvalue weighted by Gasteiger charge is -2.17. The molecular formula is C15H25NO5P+. The Kier molecular flexibility index (Phi) is 6.70. The summed E-state index contributed by atoms with van der Waals surface area (Å²) in [6, 6.07) is 3.87. The van der Waals surface area contributed by atoms with E-state index in [1.165, 1.54) is 33.0 Å². The SMILES string of the molecule is COc1cc(CC[NH+]2CCCC2)cc(OC)c1OP(O)OC. The number of benzene rings is 1. The van der Waals surface area contributed by atoms with Crippen LogP contribution in [0, 0.1) is 0 Å². The van der Waals surface area contributed by atoms with Gasteiger partial charge in [-0.3, -0.25) is 0 Å². The smallest absolute Gasteiger partial charge is 0.394 e. The molecule has 1 aromatic carbocycles. The maximum absolute atomic E-state index is 9.57. The fraction of sp³-hybridized carbons (Fsp3) is 0.600. The van der Waals surface area contributed by atoms with E-state index < -0.39 is 8.60 Å². The van der Waals surface area contributed by atoms with Crippen molar-refractivity contribution in [3.63, 3.8) is 0 Å². The molecule has 0 bridgehead atoms. The molecule has 7 heteroatoms. The number of methoxy groups -OCH3 is 2. The van der Waals surface area contributed by atoms with Gasteiger partial charge in [-0.1, -0.05) is 0 Å². The van der Waals surface area contributed by atoms with Crippen molar-refractivity contribution >= 4 is 8.60 Å². The first-order valence-electron chi connectivity index (χ1n) is 7.47. The summed E-state index contributed by atoms with van der Waals surface area (Å²) < 4.78 is 20.9. The van der Waals surface area contributed by atoms with Crippen LogP contribution in [0.5, 0.6) is 17.2 Å². The standard InChI is InChI=1S/C15H24NO5P/c1-18-13-10-12(6-9-16-7-4-5-8-16)11-14(19-2)15(13)21-22(17)20-3/h10-11,17H,4-9H2,1-3H3/p+1. The third-order valence-electron chi connectivity index (χ3n) is 3.92. The van der Waals surface area contributed by atoms with Gasteiger partial charge in [0.2, 0.25) is 5.75 Å². The second-order valence-corrected chi connectivity index (χ2v) is 6.32. The molecule has 22 heavy (non-hydrogen) atoms. The van der Waals surface area contributed by atoms with Gasteiger partial charge in [-0.2, -0.15) is 0 Å². The predicted octanol–water partition coefficient (Wildman–Crippen LogP) is 1.17. The number of likely N-dealkylation sites (tertiary alicyclic amines) is 1. The van der Waals surface area contributed by atoms with E-state index in [9.17, 15) is 4.89 Å². The molecule has 0 amide bonds. The van der Waals surface area contributed by atoms with Gasteiger partial charge in [-0.15, -0.1) is 0 Å². The van der Waals surface area contributed by atoms with Crippen LogP contribution in [-0.4, -0.2) is 45.9 Å². The number of hydrogen-bond donors (Lipinski definition) is 2. The second-order valence-electron chi connectivity index (χ2n) is 5.30. The van der Waals surface area contributed by atoms with Gasteiger partial charge in [0, 0.05) is 26.4 Å². The minimum atomic E-state index is -1.99. The van der Waals surface area contributed by atoms with E-state index in [0.717, 1.165) is 18.5 Å². The van der Waals surface area contributed by atoms with E-state index in [2.05, 4.69) is 0 Å². The van der Waals surface area contributed by atoms with Crippen molar-refractivity contribution in [3.8, 4) is 17.2 Å². The lowest BCUT2D eigenvalue weighted by molar-refractivity contribution is -0.887. The first-order chi connectivity index (χ1) is 10.7. The van der Waals surface area contributed by atoms with Gasteiger partial charge >= 0.3 is 8.60 Å². The maximum atomic E-state index is 9.57. The summed E-state index contributed by atoms with van der Waals surface area (Å²) in [5, 5.41) is 0. The summed E-state index contributed by atoms with van der Waals surface area (Å²) in [6.45, 7) is 3.63. The Morgan fingerprint density at radius 1 is 1.09 bits per heavy atom. The van der Waals surface area contributed by atoms with Crippen LogP contribution in [0.4, 0.5) is 0 Å². The Balaban J connectivity index is 2.14. The molecule has 0 radical (unpaired) electrons. The number of nitrogens with one attached hydrogen (secondary N) is 1. The van der Waals surface area contributed by atoms with Crippen LogP contribution < -0.4 is 18.9 Å². The average molecular weight is 330 g/mol. The highest BCUT2D eigenvalue weighted by molar-refractivity contribution is 7.41. The zero-order chi connectivity index (χ0) is 15.9. The Morgan fingerprint density at radius 3 is 2.18 bits per heavy atom. The third kappa shape index (κ3) is 4.46. The molecule has 1 heterocycles. The number of ether oxygens (including phenoxy) is 2. The number of hydrogen-bond acceptors (Lipinski definition) is 5. The monoisotopic (exact) mass is 330 g/mol. The Hall–Kier alpha value is -1.07. The Bertz CT molecular complexity index is 454. The van der Waals surface area contributed by atoms with Crippen LogP contribution in [0.15, 0.2) is 12.1 Å². The van der Waals surface area contributed by atoms with Crippen molar-refractivity contribution in [1.29, 1.82) is 0 Å². The first kappa shape index (κ1) is 17.3. The Morgan fingerprint density at radius 2 is 1.68 bits per heavy atom. The van der Waals surface area contributed by atoms with Gasteiger partial charge in [0.1, 0.15) is 0 Å². The molecule has 1 aliphatic heterocycles. The van der Waals surface area contributed by atoms with Crippen LogP contribution in [0.2, 0.25) is 0 Å². The molecule has 2 N–H and O–H groups in total. The highest BCUT2D eigenvalue weighted by Gasteiger charge is 2.20. The Labute approximate surface area is 132 Å². The molecule has 0 spiro atoms. The van der Waals surface area contributed by atoms with Crippen LogP contribution >= 0.6 is 8.60 Å². The minimum absolute atomic E-state index is 0.373. The summed E-state index contributed by atoms with van der Waals surface area (Å²) in [5.41, 5.74) is 1.14. The minimum Gasteiger partial charge on any atom is -0.493 e. The van der Waals surface area contributed by atoms with Crippen LogP contribution in [0.1, 0.15) is 18.4 Å². The zero-order valence-corrected chi connectivity index (χ0v) is 14.3. The fourth-order valence-corrected chi connectivity index (χ4v) is 3.14. The summed E-state index contributed by atoms with van der Waals surface area (Å²) >= 11 is 0. The van der Waals surface area contributed by atoms with Crippen LogP contribution in [0.3, 0.4) is 0 Å². The first-order valence-corrected chi connectivity index (χ1v) is 8.60. The van der Waals surface area contributed by atoms with Gasteiger partial charge in [0.15, 0.2) is 11.5 Å². The van der Waals surface area contributed by atoms with Crippen molar-refractivity contribution in [2.24, 2.45) is 0 Å². The zero-order valence-electron chi connectivity index (χ0n) is 13.4. The third-order valence-corrected chi connectivity index (χ3v) is 4.57. The topological polar surface area (TPSA) is 61.6 Å². The quantitative estimate of drug-likeness (QED) is 0.701. The van der Waals surface area contributed by atoms with E-state index in [4.69, 9.17) is 18.5 Å². The summed E-state index contributed by atoms with van der Waals surface area (Å²) in [5.74, 6) is 1.46. The van der Waals surface area contributed by atoms with Crippen molar-refractivity contribution in [3.05, 3.63) is 17.7 Å². The molecule has 1 aromatic rings.